The van der Waals surface area contributed by atoms with Crippen LogP contribution in [0.2, 0.25) is 0 Å². The molecule has 3 nitrogen and oxygen atoms in total. The van der Waals surface area contributed by atoms with Crippen molar-refractivity contribution in [2.45, 2.75) is 6.54 Å². The van der Waals surface area contributed by atoms with Gasteiger partial charge in [-0.25, -0.2) is 0 Å². The Kier molecular flexibility index (Phi) is 3.32. The van der Waals surface area contributed by atoms with Crippen molar-refractivity contribution in [1.29, 1.82) is 0 Å². The number of nitrogen functional groups attached to an aromatic ring is 1. The van der Waals surface area contributed by atoms with E-state index in [1.165, 1.54) is 0 Å². The minimum atomic E-state index is -0.00908. The van der Waals surface area contributed by atoms with E-state index in [0.717, 1.165) is 20.9 Å². The minimum Gasteiger partial charge on any atom is -0.398 e. The van der Waals surface area contributed by atoms with Crippen molar-refractivity contribution in [3.8, 4) is 0 Å². The molecule has 0 aliphatic carbocycles. The summed E-state index contributed by atoms with van der Waals surface area (Å²) >= 11 is 3.38. The fraction of sp³-hybridized carbons (Fsp3) is 0.0625. The Hall–Kier alpha value is -2.07. The topological polar surface area (TPSA) is 48.0 Å². The fourth-order valence-corrected chi connectivity index (χ4v) is 2.53. The van der Waals surface area contributed by atoms with Crippen LogP contribution in [0.5, 0.6) is 0 Å². The van der Waals surface area contributed by atoms with Gasteiger partial charge in [-0.2, -0.15) is 0 Å². The van der Waals surface area contributed by atoms with Gasteiger partial charge in [0.2, 0.25) is 0 Å². The summed E-state index contributed by atoms with van der Waals surface area (Å²) in [5.41, 5.74) is 8.49. The molecule has 0 aliphatic heterocycles. The summed E-state index contributed by atoms with van der Waals surface area (Å²) in [7, 11) is 0. The van der Waals surface area contributed by atoms with Gasteiger partial charge in [0, 0.05) is 16.2 Å². The Labute approximate surface area is 124 Å². The number of fused-ring (bicyclic) bond motifs is 1. The first kappa shape index (κ1) is 12.9. The lowest BCUT2D eigenvalue weighted by Crippen LogP contribution is -2.19. The summed E-state index contributed by atoms with van der Waals surface area (Å²) in [6, 6.07) is 17.1. The molecule has 3 rings (SSSR count). The molecule has 0 atom stereocenters. The Balaban J connectivity index is 2.12. The van der Waals surface area contributed by atoms with Crippen molar-refractivity contribution in [2.75, 3.05) is 5.73 Å². The molecule has 0 bridgehead atoms. The summed E-state index contributed by atoms with van der Waals surface area (Å²) in [6.07, 6.45) is 0. The maximum Gasteiger partial charge on any atom is 0.251 e. The summed E-state index contributed by atoms with van der Waals surface area (Å²) in [4.78, 5) is 12.1. The number of para-hydroxylation sites is 1. The number of nitrogens with zero attached hydrogens (tertiary/aromatic N) is 1. The zero-order chi connectivity index (χ0) is 14.1. The van der Waals surface area contributed by atoms with Gasteiger partial charge < -0.3 is 10.3 Å². The van der Waals surface area contributed by atoms with Gasteiger partial charge >= 0.3 is 0 Å². The molecule has 2 aromatic carbocycles. The van der Waals surface area contributed by atoms with Gasteiger partial charge in [0.05, 0.1) is 12.1 Å². The van der Waals surface area contributed by atoms with Crippen LogP contribution in [0.15, 0.2) is 63.9 Å². The Morgan fingerprint density at radius 3 is 2.65 bits per heavy atom. The number of aromatic nitrogens is 1. The highest BCUT2D eigenvalue weighted by molar-refractivity contribution is 9.10. The van der Waals surface area contributed by atoms with Crippen LogP contribution >= 0.6 is 15.9 Å². The van der Waals surface area contributed by atoms with Gasteiger partial charge in [0.25, 0.3) is 5.56 Å². The van der Waals surface area contributed by atoms with E-state index in [9.17, 15) is 4.79 Å². The van der Waals surface area contributed by atoms with Crippen LogP contribution in [0.1, 0.15) is 5.56 Å². The molecule has 0 fully saturated rings. The summed E-state index contributed by atoms with van der Waals surface area (Å²) in [5, 5.41) is 1.05. The number of nitrogens with two attached hydrogens (primary N) is 1. The van der Waals surface area contributed by atoms with Crippen molar-refractivity contribution in [3.05, 3.63) is 75.0 Å². The van der Waals surface area contributed by atoms with Gasteiger partial charge in [-0.1, -0.05) is 24.3 Å². The maximum atomic E-state index is 12.1. The second kappa shape index (κ2) is 5.13. The normalized spacial score (nSPS) is 10.8. The third kappa shape index (κ3) is 2.34. The molecule has 2 N–H and O–H groups in total. The van der Waals surface area contributed by atoms with Crippen LogP contribution < -0.4 is 11.3 Å². The SMILES string of the molecule is Nc1cc(Cn2c(=O)ccc3ccccc32)ccc1Br. The molecule has 0 unspecified atom stereocenters. The summed E-state index contributed by atoms with van der Waals surface area (Å²) < 4.78 is 2.63. The molecule has 0 aliphatic rings. The third-order valence-corrected chi connectivity index (χ3v) is 4.02. The van der Waals surface area contributed by atoms with Crippen molar-refractivity contribution < 1.29 is 0 Å². The minimum absolute atomic E-state index is 0.00908. The second-order valence-electron chi connectivity index (χ2n) is 4.67. The van der Waals surface area contributed by atoms with E-state index < -0.39 is 0 Å². The molecule has 1 heterocycles. The maximum absolute atomic E-state index is 12.1. The highest BCUT2D eigenvalue weighted by atomic mass is 79.9. The number of hydrogen-bond donors (Lipinski definition) is 1. The number of benzene rings is 2. The highest BCUT2D eigenvalue weighted by Gasteiger charge is 2.04. The van der Waals surface area contributed by atoms with Gasteiger partial charge in [-0.3, -0.25) is 4.79 Å². The van der Waals surface area contributed by atoms with Crippen molar-refractivity contribution in [2.24, 2.45) is 0 Å². The van der Waals surface area contributed by atoms with Crippen LogP contribution in [0.4, 0.5) is 5.69 Å². The predicted octanol–water partition coefficient (Wildman–Crippen LogP) is 3.39. The zero-order valence-electron chi connectivity index (χ0n) is 10.7. The van der Waals surface area contributed by atoms with Crippen molar-refractivity contribution in [3.63, 3.8) is 0 Å². The number of hydrogen-bond acceptors (Lipinski definition) is 2. The standard InChI is InChI=1S/C16H13BrN2O/c17-13-7-5-11(9-14(13)18)10-19-15-4-2-1-3-12(15)6-8-16(19)20/h1-9H,10,18H2. The van der Waals surface area contributed by atoms with E-state index in [1.54, 1.807) is 10.6 Å². The lowest BCUT2D eigenvalue weighted by Gasteiger charge is -2.11. The fourth-order valence-electron chi connectivity index (χ4n) is 2.28. The van der Waals surface area contributed by atoms with Gasteiger partial charge in [-0.05, 0) is 51.1 Å². The smallest absolute Gasteiger partial charge is 0.251 e. The molecule has 1 aromatic heterocycles. The molecule has 3 aromatic rings. The number of anilines is 1. The quantitative estimate of drug-likeness (QED) is 0.733. The number of halogens is 1. The predicted molar refractivity (Wildman–Crippen MR) is 85.9 cm³/mol. The second-order valence-corrected chi connectivity index (χ2v) is 5.53. The van der Waals surface area contributed by atoms with Crippen LogP contribution in [0.25, 0.3) is 10.9 Å². The molecule has 4 heteroatoms. The first-order valence-corrected chi connectivity index (χ1v) is 7.07. The molecule has 0 saturated carbocycles. The largest absolute Gasteiger partial charge is 0.398 e. The Morgan fingerprint density at radius 1 is 1.05 bits per heavy atom. The van der Waals surface area contributed by atoms with E-state index in [4.69, 9.17) is 5.73 Å². The number of pyridine rings is 1. The molecular weight excluding hydrogens is 316 g/mol. The van der Waals surface area contributed by atoms with E-state index in [0.29, 0.717) is 12.2 Å². The van der Waals surface area contributed by atoms with Crippen LogP contribution in [0, 0.1) is 0 Å². The lowest BCUT2D eigenvalue weighted by molar-refractivity contribution is 0.795. The summed E-state index contributed by atoms with van der Waals surface area (Å²) in [5.74, 6) is 0. The van der Waals surface area contributed by atoms with Crippen molar-refractivity contribution >= 4 is 32.5 Å². The average Bonchev–Trinajstić information content (AvgIpc) is 2.46. The van der Waals surface area contributed by atoms with Crippen LogP contribution in [0.3, 0.4) is 0 Å². The molecule has 100 valence electrons. The summed E-state index contributed by atoms with van der Waals surface area (Å²) in [6.45, 7) is 0.512. The average molecular weight is 329 g/mol. The monoisotopic (exact) mass is 328 g/mol. The lowest BCUT2D eigenvalue weighted by atomic mass is 10.1. The van der Waals surface area contributed by atoms with Gasteiger partial charge in [-0.15, -0.1) is 0 Å². The molecular formula is C16H13BrN2O. The van der Waals surface area contributed by atoms with E-state index in [2.05, 4.69) is 15.9 Å². The van der Waals surface area contributed by atoms with Crippen LogP contribution in [-0.2, 0) is 6.54 Å². The molecule has 0 spiro atoms. The highest BCUT2D eigenvalue weighted by Crippen LogP contribution is 2.21. The van der Waals surface area contributed by atoms with Gasteiger partial charge in [0.1, 0.15) is 0 Å². The Morgan fingerprint density at radius 2 is 1.85 bits per heavy atom. The molecule has 0 radical (unpaired) electrons. The molecule has 0 amide bonds. The first-order chi connectivity index (χ1) is 9.65. The molecule has 0 saturated heterocycles. The van der Waals surface area contributed by atoms with E-state index in [1.807, 2.05) is 48.5 Å². The molecule has 20 heavy (non-hydrogen) atoms. The zero-order valence-corrected chi connectivity index (χ0v) is 12.3. The van der Waals surface area contributed by atoms with E-state index >= 15 is 0 Å². The van der Waals surface area contributed by atoms with Gasteiger partial charge in [0.15, 0.2) is 0 Å². The van der Waals surface area contributed by atoms with Crippen LogP contribution in [-0.4, -0.2) is 4.57 Å². The first-order valence-electron chi connectivity index (χ1n) is 6.27. The Bertz CT molecular complexity index is 839. The van der Waals surface area contributed by atoms with Crippen molar-refractivity contribution in [1.82, 2.24) is 4.57 Å². The van der Waals surface area contributed by atoms with E-state index in [-0.39, 0.29) is 5.56 Å². The third-order valence-electron chi connectivity index (χ3n) is 3.30. The number of rotatable bonds is 2.